The Morgan fingerprint density at radius 2 is 1.58 bits per heavy atom. The molecular weight excluding hydrogens is 242 g/mol. The van der Waals surface area contributed by atoms with Crippen LogP contribution in [-0.2, 0) is 9.53 Å². The summed E-state index contributed by atoms with van der Waals surface area (Å²) in [5.41, 5.74) is -0.596. The largest absolute Gasteiger partial charge is 0.394 e. The van der Waals surface area contributed by atoms with Crippen molar-refractivity contribution in [1.82, 2.24) is 5.32 Å². The molecule has 0 aromatic carbocycles. The van der Waals surface area contributed by atoms with Gasteiger partial charge in [0, 0.05) is 13.2 Å². The van der Waals surface area contributed by atoms with E-state index in [1.54, 1.807) is 0 Å². The first kappa shape index (κ1) is 18.4. The molecule has 19 heavy (non-hydrogen) atoms. The van der Waals surface area contributed by atoms with Gasteiger partial charge in [-0.2, -0.15) is 0 Å². The molecule has 4 heteroatoms. The summed E-state index contributed by atoms with van der Waals surface area (Å²) >= 11 is 0. The van der Waals surface area contributed by atoms with E-state index in [4.69, 9.17) is 9.84 Å². The predicted molar refractivity (Wildman–Crippen MR) is 78.0 cm³/mol. The van der Waals surface area contributed by atoms with Crippen LogP contribution in [0.2, 0.25) is 0 Å². The van der Waals surface area contributed by atoms with Crippen LogP contribution in [0.3, 0.4) is 0 Å². The molecule has 2 N–H and O–H groups in total. The van der Waals surface area contributed by atoms with Gasteiger partial charge >= 0.3 is 0 Å². The molecule has 0 aromatic rings. The maximum atomic E-state index is 12.1. The van der Waals surface area contributed by atoms with Crippen molar-refractivity contribution in [3.05, 3.63) is 0 Å². The standard InChI is InChI=1S/C11H19NO3.2C2H6/c1-10(4-6-15-7-5-10)9(14)12-11(8-13)2-3-11;2*1-2/h13H,2-8H2,1H3,(H,12,14);2*1-2H3. The molecule has 1 amide bonds. The van der Waals surface area contributed by atoms with Gasteiger partial charge in [0.05, 0.1) is 17.6 Å². The third-order valence-electron chi connectivity index (χ3n) is 3.68. The zero-order valence-corrected chi connectivity index (χ0v) is 13.2. The van der Waals surface area contributed by atoms with Crippen molar-refractivity contribution < 1.29 is 14.6 Å². The fraction of sp³-hybridized carbons (Fsp3) is 0.933. The number of amides is 1. The molecule has 0 unspecified atom stereocenters. The highest BCUT2D eigenvalue weighted by molar-refractivity contribution is 5.83. The van der Waals surface area contributed by atoms with Gasteiger partial charge in [0.25, 0.3) is 0 Å². The van der Waals surface area contributed by atoms with Gasteiger partial charge in [-0.05, 0) is 25.7 Å². The smallest absolute Gasteiger partial charge is 0.226 e. The zero-order valence-electron chi connectivity index (χ0n) is 13.2. The van der Waals surface area contributed by atoms with Crippen molar-refractivity contribution >= 4 is 5.91 Å². The highest BCUT2D eigenvalue weighted by atomic mass is 16.5. The number of nitrogens with one attached hydrogen (secondary N) is 1. The number of carbonyl (C=O) groups is 1. The summed E-state index contributed by atoms with van der Waals surface area (Å²) in [6.07, 6.45) is 3.37. The minimum absolute atomic E-state index is 0.0608. The van der Waals surface area contributed by atoms with Crippen LogP contribution in [0.5, 0.6) is 0 Å². The second-order valence-corrected chi connectivity index (χ2v) is 5.07. The molecule has 114 valence electrons. The monoisotopic (exact) mass is 273 g/mol. The van der Waals surface area contributed by atoms with Gasteiger partial charge in [-0.15, -0.1) is 0 Å². The third-order valence-corrected chi connectivity index (χ3v) is 3.68. The summed E-state index contributed by atoms with van der Waals surface area (Å²) in [7, 11) is 0. The summed E-state index contributed by atoms with van der Waals surface area (Å²) in [5, 5.41) is 12.1. The lowest BCUT2D eigenvalue weighted by Gasteiger charge is -2.33. The Morgan fingerprint density at radius 3 is 1.95 bits per heavy atom. The lowest BCUT2D eigenvalue weighted by molar-refractivity contribution is -0.136. The molecular formula is C15H31NO3. The molecule has 1 saturated heterocycles. The average Bonchev–Trinajstić information content (AvgIpc) is 3.24. The van der Waals surface area contributed by atoms with E-state index in [-0.39, 0.29) is 23.5 Å². The second kappa shape index (κ2) is 8.54. The molecule has 0 aromatic heterocycles. The summed E-state index contributed by atoms with van der Waals surface area (Å²) in [6.45, 7) is 11.4. The highest BCUT2D eigenvalue weighted by Gasteiger charge is 2.47. The van der Waals surface area contributed by atoms with Gasteiger partial charge in [-0.25, -0.2) is 0 Å². The molecule has 1 saturated carbocycles. The fourth-order valence-corrected chi connectivity index (χ4v) is 1.91. The van der Waals surface area contributed by atoms with Gasteiger partial charge in [-0.3, -0.25) is 4.79 Å². The fourth-order valence-electron chi connectivity index (χ4n) is 1.91. The van der Waals surface area contributed by atoms with Gasteiger partial charge in [0.1, 0.15) is 0 Å². The van der Waals surface area contributed by atoms with Crippen molar-refractivity contribution in [3.8, 4) is 0 Å². The van der Waals surface area contributed by atoms with Crippen LogP contribution < -0.4 is 5.32 Å². The van der Waals surface area contributed by atoms with Gasteiger partial charge in [-0.1, -0.05) is 34.6 Å². The van der Waals surface area contributed by atoms with E-state index >= 15 is 0 Å². The van der Waals surface area contributed by atoms with E-state index in [9.17, 15) is 4.79 Å². The first-order valence-electron chi connectivity index (χ1n) is 7.62. The van der Waals surface area contributed by atoms with Crippen LogP contribution in [0.15, 0.2) is 0 Å². The molecule has 2 fully saturated rings. The van der Waals surface area contributed by atoms with Crippen LogP contribution in [0.25, 0.3) is 0 Å². The molecule has 0 spiro atoms. The topological polar surface area (TPSA) is 58.6 Å². The minimum atomic E-state index is -0.303. The van der Waals surface area contributed by atoms with Crippen LogP contribution in [-0.4, -0.2) is 36.4 Å². The molecule has 2 aliphatic rings. The van der Waals surface area contributed by atoms with Gasteiger partial charge in [0.2, 0.25) is 5.91 Å². The number of carbonyl (C=O) groups excluding carboxylic acids is 1. The van der Waals surface area contributed by atoms with E-state index in [2.05, 4.69) is 5.32 Å². The number of ether oxygens (including phenoxy) is 1. The lowest BCUT2D eigenvalue weighted by Crippen LogP contribution is -2.49. The predicted octanol–water partition coefficient (Wildman–Crippen LogP) is 2.50. The Morgan fingerprint density at radius 1 is 1.11 bits per heavy atom. The third kappa shape index (κ3) is 5.11. The molecule has 1 heterocycles. The zero-order chi connectivity index (χ0) is 14.9. The Bertz CT molecular complexity index is 256. The van der Waals surface area contributed by atoms with E-state index in [0.717, 1.165) is 25.7 Å². The van der Waals surface area contributed by atoms with Crippen LogP contribution in [0.1, 0.15) is 60.3 Å². The number of aliphatic hydroxyl groups excluding tert-OH is 1. The highest BCUT2D eigenvalue weighted by Crippen LogP contribution is 2.37. The van der Waals surface area contributed by atoms with Crippen molar-refractivity contribution in [1.29, 1.82) is 0 Å². The molecule has 0 atom stereocenters. The van der Waals surface area contributed by atoms with E-state index in [0.29, 0.717) is 13.2 Å². The van der Waals surface area contributed by atoms with Crippen LogP contribution >= 0.6 is 0 Å². The lowest BCUT2D eigenvalue weighted by atomic mass is 9.81. The first-order chi connectivity index (χ1) is 9.10. The molecule has 0 radical (unpaired) electrons. The minimum Gasteiger partial charge on any atom is -0.394 e. The number of rotatable bonds is 3. The van der Waals surface area contributed by atoms with Gasteiger partial charge in [0.15, 0.2) is 0 Å². The van der Waals surface area contributed by atoms with Crippen molar-refractivity contribution in [3.63, 3.8) is 0 Å². The normalized spacial score (nSPS) is 22.0. The molecule has 1 aliphatic carbocycles. The average molecular weight is 273 g/mol. The number of aliphatic hydroxyl groups is 1. The maximum Gasteiger partial charge on any atom is 0.226 e. The Balaban J connectivity index is 0.000000741. The van der Waals surface area contributed by atoms with E-state index < -0.39 is 0 Å². The summed E-state index contributed by atoms with van der Waals surface area (Å²) in [4.78, 5) is 12.1. The Hall–Kier alpha value is -0.610. The summed E-state index contributed by atoms with van der Waals surface area (Å²) < 4.78 is 5.26. The van der Waals surface area contributed by atoms with Gasteiger partial charge < -0.3 is 15.2 Å². The Labute approximate surface area is 117 Å². The van der Waals surface area contributed by atoms with E-state index in [1.807, 2.05) is 34.6 Å². The summed E-state index contributed by atoms with van der Waals surface area (Å²) in [5.74, 6) is 0.0809. The van der Waals surface area contributed by atoms with Crippen LogP contribution in [0, 0.1) is 5.41 Å². The maximum absolute atomic E-state index is 12.1. The molecule has 4 nitrogen and oxygen atoms in total. The first-order valence-corrected chi connectivity index (χ1v) is 7.62. The number of hydrogen-bond donors (Lipinski definition) is 2. The van der Waals surface area contributed by atoms with E-state index in [1.165, 1.54) is 0 Å². The van der Waals surface area contributed by atoms with Crippen molar-refractivity contribution in [2.24, 2.45) is 5.41 Å². The molecule has 0 bridgehead atoms. The van der Waals surface area contributed by atoms with Crippen molar-refractivity contribution in [2.45, 2.75) is 65.8 Å². The second-order valence-electron chi connectivity index (χ2n) is 5.07. The quantitative estimate of drug-likeness (QED) is 0.830. The SMILES string of the molecule is CC.CC.CC1(C(=O)NC2(CO)CC2)CCOCC1. The molecule has 1 aliphatic heterocycles. The molecule has 2 rings (SSSR count). The number of hydrogen-bond acceptors (Lipinski definition) is 3. The Kier molecular flexibility index (Phi) is 8.26. The van der Waals surface area contributed by atoms with Crippen LogP contribution in [0.4, 0.5) is 0 Å². The van der Waals surface area contributed by atoms with Crippen molar-refractivity contribution in [2.75, 3.05) is 19.8 Å². The summed E-state index contributed by atoms with van der Waals surface area (Å²) in [6, 6.07) is 0.